The second-order valence-corrected chi connectivity index (χ2v) is 8.57. The summed E-state index contributed by atoms with van der Waals surface area (Å²) in [7, 11) is 1.73. The lowest BCUT2D eigenvalue weighted by Gasteiger charge is -2.11. The Bertz CT molecular complexity index is 904. The van der Waals surface area contributed by atoms with E-state index in [-0.39, 0.29) is 16.2 Å². The lowest BCUT2D eigenvalue weighted by Crippen LogP contribution is -2.19. The molecule has 0 fully saturated rings. The molecule has 0 aromatic carbocycles. The summed E-state index contributed by atoms with van der Waals surface area (Å²) in [5.74, 6) is 1.22. The van der Waals surface area contributed by atoms with Crippen molar-refractivity contribution in [3.8, 4) is 0 Å². The fraction of sp³-hybridized carbons (Fsp3) is 0.467. The van der Waals surface area contributed by atoms with Gasteiger partial charge in [0, 0.05) is 12.5 Å². The van der Waals surface area contributed by atoms with E-state index in [9.17, 15) is 4.79 Å². The van der Waals surface area contributed by atoms with Crippen LogP contribution in [-0.2, 0) is 12.5 Å². The number of rotatable bonds is 3. The summed E-state index contributed by atoms with van der Waals surface area (Å²) in [6.07, 6.45) is 0. The maximum absolute atomic E-state index is 12.3. The minimum Gasteiger partial charge on any atom is -0.338 e. The van der Waals surface area contributed by atoms with Gasteiger partial charge in [0.05, 0.1) is 10.6 Å². The van der Waals surface area contributed by atoms with Gasteiger partial charge in [0.25, 0.3) is 5.56 Å². The number of nitrogens with zero attached hydrogens (tertiary/aromatic N) is 4. The van der Waals surface area contributed by atoms with Gasteiger partial charge in [0.1, 0.15) is 4.83 Å². The van der Waals surface area contributed by atoms with Crippen molar-refractivity contribution in [2.24, 2.45) is 7.05 Å². The van der Waals surface area contributed by atoms with E-state index in [0.29, 0.717) is 22.3 Å². The SMILES string of the molecule is CC(Sc1nc2sccc2c(=O)n1C)c1nc(C(C)(C)C)no1. The van der Waals surface area contributed by atoms with E-state index in [1.807, 2.05) is 33.1 Å². The van der Waals surface area contributed by atoms with E-state index in [2.05, 4.69) is 15.1 Å². The summed E-state index contributed by atoms with van der Waals surface area (Å²) in [4.78, 5) is 22.1. The molecule has 122 valence electrons. The summed E-state index contributed by atoms with van der Waals surface area (Å²) in [6.45, 7) is 8.08. The van der Waals surface area contributed by atoms with Crippen LogP contribution in [0.5, 0.6) is 0 Å². The van der Waals surface area contributed by atoms with Crippen molar-refractivity contribution in [1.82, 2.24) is 19.7 Å². The van der Waals surface area contributed by atoms with Gasteiger partial charge in [-0.25, -0.2) is 4.98 Å². The van der Waals surface area contributed by atoms with Gasteiger partial charge in [0.15, 0.2) is 11.0 Å². The van der Waals surface area contributed by atoms with Crippen molar-refractivity contribution in [3.05, 3.63) is 33.5 Å². The highest BCUT2D eigenvalue weighted by molar-refractivity contribution is 7.99. The lowest BCUT2D eigenvalue weighted by molar-refractivity contribution is 0.364. The third kappa shape index (κ3) is 3.05. The zero-order valence-corrected chi connectivity index (χ0v) is 15.3. The van der Waals surface area contributed by atoms with Crippen LogP contribution in [0.1, 0.15) is 44.7 Å². The first-order valence-corrected chi connectivity index (χ1v) is 8.98. The van der Waals surface area contributed by atoms with Crippen molar-refractivity contribution in [3.63, 3.8) is 0 Å². The van der Waals surface area contributed by atoms with Crippen LogP contribution in [-0.4, -0.2) is 19.7 Å². The van der Waals surface area contributed by atoms with Crippen LogP contribution in [0.4, 0.5) is 0 Å². The van der Waals surface area contributed by atoms with Gasteiger partial charge in [0.2, 0.25) is 5.89 Å². The Balaban J connectivity index is 1.91. The molecule has 8 heteroatoms. The van der Waals surface area contributed by atoms with Crippen molar-refractivity contribution < 1.29 is 4.52 Å². The molecule has 1 unspecified atom stereocenters. The third-order valence-corrected chi connectivity index (χ3v) is 5.34. The number of hydrogen-bond acceptors (Lipinski definition) is 7. The fourth-order valence-corrected chi connectivity index (χ4v) is 3.71. The Morgan fingerprint density at radius 1 is 1.35 bits per heavy atom. The maximum atomic E-state index is 12.3. The molecule has 0 aliphatic carbocycles. The molecule has 0 radical (unpaired) electrons. The van der Waals surface area contributed by atoms with Gasteiger partial charge in [-0.3, -0.25) is 9.36 Å². The predicted molar refractivity (Wildman–Crippen MR) is 92.1 cm³/mol. The number of thiophene rings is 1. The maximum Gasteiger partial charge on any atom is 0.262 e. The van der Waals surface area contributed by atoms with Gasteiger partial charge < -0.3 is 4.52 Å². The van der Waals surface area contributed by atoms with Gasteiger partial charge in [-0.05, 0) is 18.4 Å². The molecule has 0 N–H and O–H groups in total. The first-order valence-electron chi connectivity index (χ1n) is 7.22. The highest BCUT2D eigenvalue weighted by Crippen LogP contribution is 2.34. The Morgan fingerprint density at radius 2 is 2.09 bits per heavy atom. The van der Waals surface area contributed by atoms with Gasteiger partial charge in [-0.1, -0.05) is 37.7 Å². The number of aromatic nitrogens is 4. The van der Waals surface area contributed by atoms with Gasteiger partial charge >= 0.3 is 0 Å². The molecule has 0 saturated heterocycles. The Hall–Kier alpha value is -1.67. The molecule has 0 aliphatic rings. The van der Waals surface area contributed by atoms with Crippen molar-refractivity contribution in [1.29, 1.82) is 0 Å². The van der Waals surface area contributed by atoms with E-state index < -0.39 is 0 Å². The van der Waals surface area contributed by atoms with Crippen molar-refractivity contribution in [2.75, 3.05) is 0 Å². The number of thioether (sulfide) groups is 1. The second-order valence-electron chi connectivity index (χ2n) is 6.36. The average molecular weight is 350 g/mol. The van der Waals surface area contributed by atoms with Crippen LogP contribution in [0.15, 0.2) is 25.9 Å². The number of hydrogen-bond donors (Lipinski definition) is 0. The monoisotopic (exact) mass is 350 g/mol. The Kier molecular flexibility index (Phi) is 4.05. The molecule has 3 aromatic heterocycles. The van der Waals surface area contributed by atoms with Crippen molar-refractivity contribution >= 4 is 33.3 Å². The van der Waals surface area contributed by atoms with Gasteiger partial charge in [-0.15, -0.1) is 11.3 Å². The molecule has 23 heavy (non-hydrogen) atoms. The third-order valence-electron chi connectivity index (χ3n) is 3.41. The molecular weight excluding hydrogens is 332 g/mol. The minimum atomic E-state index is -0.160. The molecule has 0 saturated carbocycles. The van der Waals surface area contributed by atoms with E-state index in [1.165, 1.54) is 23.1 Å². The average Bonchev–Trinajstić information content (AvgIpc) is 3.12. The molecule has 3 aromatic rings. The van der Waals surface area contributed by atoms with Crippen LogP contribution in [0.2, 0.25) is 0 Å². The highest BCUT2D eigenvalue weighted by atomic mass is 32.2. The number of fused-ring (bicyclic) bond motifs is 1. The zero-order valence-electron chi connectivity index (χ0n) is 13.7. The van der Waals surface area contributed by atoms with E-state index in [4.69, 9.17) is 4.52 Å². The van der Waals surface area contributed by atoms with Gasteiger partial charge in [-0.2, -0.15) is 4.98 Å². The molecule has 0 bridgehead atoms. The minimum absolute atomic E-state index is 0.0353. The van der Waals surface area contributed by atoms with Crippen LogP contribution in [0, 0.1) is 0 Å². The Morgan fingerprint density at radius 3 is 2.74 bits per heavy atom. The van der Waals surface area contributed by atoms with Crippen LogP contribution in [0.25, 0.3) is 10.2 Å². The molecular formula is C15H18N4O2S2. The summed E-state index contributed by atoms with van der Waals surface area (Å²) >= 11 is 2.91. The normalized spacial score (nSPS) is 13.6. The second kappa shape index (κ2) is 5.76. The standard InChI is InChI=1S/C15H18N4O2S2/c1-8(10-16-13(18-21-10)15(2,3)4)23-14-17-11-9(6-7-22-11)12(20)19(14)5/h6-8H,1-5H3. The summed E-state index contributed by atoms with van der Waals surface area (Å²) < 4.78 is 6.94. The molecule has 0 amide bonds. The quantitative estimate of drug-likeness (QED) is 0.531. The summed E-state index contributed by atoms with van der Waals surface area (Å²) in [6, 6.07) is 1.81. The van der Waals surface area contributed by atoms with E-state index in [0.717, 1.165) is 4.83 Å². The highest BCUT2D eigenvalue weighted by Gasteiger charge is 2.24. The molecule has 1 atom stereocenters. The first kappa shape index (κ1) is 16.2. The topological polar surface area (TPSA) is 73.8 Å². The first-order chi connectivity index (χ1) is 10.8. The summed E-state index contributed by atoms with van der Waals surface area (Å²) in [5.41, 5.74) is -0.195. The zero-order chi connectivity index (χ0) is 16.8. The molecule has 0 spiro atoms. The van der Waals surface area contributed by atoms with E-state index in [1.54, 1.807) is 17.7 Å². The molecule has 3 rings (SSSR count). The predicted octanol–water partition coefficient (Wildman–Crippen LogP) is 3.53. The van der Waals surface area contributed by atoms with E-state index >= 15 is 0 Å². The molecule has 3 heterocycles. The van der Waals surface area contributed by atoms with Crippen molar-refractivity contribution in [2.45, 2.75) is 43.5 Å². The fourth-order valence-electron chi connectivity index (χ4n) is 2.00. The van der Waals surface area contributed by atoms with Crippen LogP contribution < -0.4 is 5.56 Å². The van der Waals surface area contributed by atoms with Crippen LogP contribution in [0.3, 0.4) is 0 Å². The smallest absolute Gasteiger partial charge is 0.262 e. The Labute approximate surface area is 141 Å². The lowest BCUT2D eigenvalue weighted by atomic mass is 9.96. The largest absolute Gasteiger partial charge is 0.338 e. The summed E-state index contributed by atoms with van der Waals surface area (Å²) in [5, 5.41) is 7.14. The molecule has 6 nitrogen and oxygen atoms in total. The van der Waals surface area contributed by atoms with Crippen LogP contribution >= 0.6 is 23.1 Å². The molecule has 0 aliphatic heterocycles.